The fourth-order valence-electron chi connectivity index (χ4n) is 2.22. The Hall–Kier alpha value is -0.400. The number of likely N-dealkylation sites (tertiary alicyclic amines) is 1. The first-order valence-electron chi connectivity index (χ1n) is 5.95. The van der Waals surface area contributed by atoms with Crippen molar-refractivity contribution in [3.8, 4) is 0 Å². The summed E-state index contributed by atoms with van der Waals surface area (Å²) in [4.78, 5) is 26.2. The molecule has 0 saturated carbocycles. The van der Waals surface area contributed by atoms with E-state index in [1.807, 2.05) is 6.92 Å². The molecule has 2 heterocycles. The largest absolute Gasteiger partial charge is 0.369 e. The lowest BCUT2D eigenvalue weighted by Gasteiger charge is -2.36. The minimum absolute atomic E-state index is 0.0325. The first-order valence-corrected chi connectivity index (χ1v) is 8.35. The fraction of sp³-hybridized carbons (Fsp3) is 0.500. The zero-order chi connectivity index (χ0) is 14.2. The van der Waals surface area contributed by atoms with Gasteiger partial charge in [0.15, 0.2) is 0 Å². The molecule has 1 aliphatic heterocycles. The molecule has 0 aromatic carbocycles. The van der Waals surface area contributed by atoms with Crippen LogP contribution < -0.4 is 5.73 Å². The molecule has 4 nitrogen and oxygen atoms in total. The van der Waals surface area contributed by atoms with Crippen LogP contribution in [0, 0.1) is 5.92 Å². The van der Waals surface area contributed by atoms with Crippen molar-refractivity contribution >= 4 is 55.0 Å². The summed E-state index contributed by atoms with van der Waals surface area (Å²) in [5.41, 5.74) is 5.35. The molecule has 0 radical (unpaired) electrons. The molecule has 0 aliphatic carbocycles. The number of primary amides is 1. The Morgan fingerprint density at radius 3 is 2.63 bits per heavy atom. The highest BCUT2D eigenvalue weighted by molar-refractivity contribution is 9.13. The molecule has 2 N–H and O–H groups in total. The van der Waals surface area contributed by atoms with Gasteiger partial charge in [-0.05, 0) is 57.7 Å². The van der Waals surface area contributed by atoms with Crippen molar-refractivity contribution in [1.82, 2.24) is 4.90 Å². The first kappa shape index (κ1) is 15.0. The predicted molar refractivity (Wildman–Crippen MR) is 82.1 cm³/mol. The fourth-order valence-corrected chi connectivity index (χ4v) is 4.21. The molecule has 2 atom stereocenters. The van der Waals surface area contributed by atoms with Gasteiger partial charge in [0.2, 0.25) is 5.91 Å². The van der Waals surface area contributed by atoms with Gasteiger partial charge in [-0.1, -0.05) is 0 Å². The van der Waals surface area contributed by atoms with E-state index in [1.165, 1.54) is 11.3 Å². The zero-order valence-electron chi connectivity index (χ0n) is 10.4. The molecule has 0 spiro atoms. The molecule has 19 heavy (non-hydrogen) atoms. The Kier molecular flexibility index (Phi) is 4.68. The van der Waals surface area contributed by atoms with Crippen molar-refractivity contribution in [3.63, 3.8) is 0 Å². The standard InChI is InChI=1S/C12H14Br2N2O2S/c1-6-2-3-7(11(15)17)5-16(6)12(18)9-4-8(13)10(14)19-9/h4,6-7H,2-3,5H2,1H3,(H2,15,17). The van der Waals surface area contributed by atoms with Gasteiger partial charge in [0.05, 0.1) is 14.6 Å². The van der Waals surface area contributed by atoms with Crippen LogP contribution >= 0.6 is 43.2 Å². The first-order chi connectivity index (χ1) is 8.90. The molecule has 1 fully saturated rings. The molecular weight excluding hydrogens is 396 g/mol. The molecular formula is C12H14Br2N2O2S. The SMILES string of the molecule is CC1CCC(C(N)=O)CN1C(=O)c1cc(Br)c(Br)s1. The molecule has 1 aromatic rings. The average Bonchev–Trinajstić information content (AvgIpc) is 2.69. The predicted octanol–water partition coefficient (Wildman–Crippen LogP) is 3.00. The number of halogens is 2. The Morgan fingerprint density at radius 2 is 2.11 bits per heavy atom. The van der Waals surface area contributed by atoms with Crippen LogP contribution in [0.1, 0.15) is 29.4 Å². The molecule has 2 rings (SSSR count). The van der Waals surface area contributed by atoms with Crippen molar-refractivity contribution < 1.29 is 9.59 Å². The van der Waals surface area contributed by atoms with Gasteiger partial charge in [-0.2, -0.15) is 0 Å². The molecule has 1 saturated heterocycles. The number of piperidine rings is 1. The van der Waals surface area contributed by atoms with E-state index in [2.05, 4.69) is 31.9 Å². The monoisotopic (exact) mass is 408 g/mol. The van der Waals surface area contributed by atoms with Gasteiger partial charge in [0.1, 0.15) is 0 Å². The van der Waals surface area contributed by atoms with E-state index < -0.39 is 0 Å². The second-order valence-corrected chi connectivity index (χ2v) is 7.94. The van der Waals surface area contributed by atoms with Gasteiger partial charge in [-0.3, -0.25) is 9.59 Å². The minimum Gasteiger partial charge on any atom is -0.369 e. The van der Waals surface area contributed by atoms with Crippen molar-refractivity contribution in [1.29, 1.82) is 0 Å². The molecule has 1 aromatic heterocycles. The van der Waals surface area contributed by atoms with E-state index in [0.29, 0.717) is 11.4 Å². The molecule has 104 valence electrons. The lowest BCUT2D eigenvalue weighted by molar-refractivity contribution is -0.123. The van der Waals surface area contributed by atoms with E-state index >= 15 is 0 Å². The molecule has 7 heteroatoms. The maximum atomic E-state index is 12.5. The summed E-state index contributed by atoms with van der Waals surface area (Å²) in [7, 11) is 0. The van der Waals surface area contributed by atoms with Crippen LogP contribution in [0.25, 0.3) is 0 Å². The van der Waals surface area contributed by atoms with E-state index in [1.54, 1.807) is 11.0 Å². The van der Waals surface area contributed by atoms with Crippen LogP contribution in [0.4, 0.5) is 0 Å². The summed E-state index contributed by atoms with van der Waals surface area (Å²) in [6.07, 6.45) is 1.57. The zero-order valence-corrected chi connectivity index (χ0v) is 14.3. The van der Waals surface area contributed by atoms with Crippen LogP contribution in [0.15, 0.2) is 14.3 Å². The third kappa shape index (κ3) is 3.20. The van der Waals surface area contributed by atoms with Crippen LogP contribution in [0.2, 0.25) is 0 Å². The quantitative estimate of drug-likeness (QED) is 0.815. The van der Waals surface area contributed by atoms with Crippen LogP contribution in [-0.2, 0) is 4.79 Å². The summed E-state index contributed by atoms with van der Waals surface area (Å²) < 4.78 is 1.77. The number of hydrogen-bond acceptors (Lipinski definition) is 3. The summed E-state index contributed by atoms with van der Waals surface area (Å²) in [6.45, 7) is 2.43. The summed E-state index contributed by atoms with van der Waals surface area (Å²) in [5, 5.41) is 0. The normalized spacial score (nSPS) is 23.4. The van der Waals surface area contributed by atoms with Gasteiger partial charge in [-0.15, -0.1) is 11.3 Å². The highest BCUT2D eigenvalue weighted by Gasteiger charge is 2.32. The van der Waals surface area contributed by atoms with E-state index in [0.717, 1.165) is 21.1 Å². The molecule has 1 aliphatic rings. The van der Waals surface area contributed by atoms with E-state index in [9.17, 15) is 9.59 Å². The second-order valence-electron chi connectivity index (χ2n) is 4.72. The number of carbonyl (C=O) groups excluding carboxylic acids is 2. The van der Waals surface area contributed by atoms with Gasteiger partial charge in [0.25, 0.3) is 5.91 Å². The summed E-state index contributed by atoms with van der Waals surface area (Å²) >= 11 is 8.15. The summed E-state index contributed by atoms with van der Waals surface area (Å²) in [6, 6.07) is 1.94. The van der Waals surface area contributed by atoms with Crippen LogP contribution in [0.3, 0.4) is 0 Å². The van der Waals surface area contributed by atoms with Crippen LogP contribution in [-0.4, -0.2) is 29.3 Å². The van der Waals surface area contributed by atoms with Gasteiger partial charge < -0.3 is 10.6 Å². The lowest BCUT2D eigenvalue weighted by Crippen LogP contribution is -2.48. The molecule has 2 unspecified atom stereocenters. The highest BCUT2D eigenvalue weighted by Crippen LogP contribution is 2.34. The van der Waals surface area contributed by atoms with E-state index in [4.69, 9.17) is 5.73 Å². The number of rotatable bonds is 2. The Bertz CT molecular complexity index is 498. The van der Waals surface area contributed by atoms with Gasteiger partial charge >= 0.3 is 0 Å². The van der Waals surface area contributed by atoms with Crippen molar-refractivity contribution in [3.05, 3.63) is 19.2 Å². The topological polar surface area (TPSA) is 63.4 Å². The number of nitrogens with zero attached hydrogens (tertiary/aromatic N) is 1. The second kappa shape index (κ2) is 5.93. The molecule has 2 amide bonds. The number of thiophene rings is 1. The minimum atomic E-state index is -0.321. The van der Waals surface area contributed by atoms with E-state index in [-0.39, 0.29) is 23.8 Å². The maximum absolute atomic E-state index is 12.5. The van der Waals surface area contributed by atoms with Crippen molar-refractivity contribution in [2.24, 2.45) is 11.7 Å². The number of amides is 2. The van der Waals surface area contributed by atoms with Crippen molar-refractivity contribution in [2.45, 2.75) is 25.8 Å². The highest BCUT2D eigenvalue weighted by atomic mass is 79.9. The third-order valence-corrected chi connectivity index (χ3v) is 6.65. The third-order valence-electron chi connectivity index (χ3n) is 3.40. The Morgan fingerprint density at radius 1 is 1.42 bits per heavy atom. The van der Waals surface area contributed by atoms with Gasteiger partial charge in [-0.25, -0.2) is 0 Å². The number of nitrogens with two attached hydrogens (primary N) is 1. The Labute approximate surface area is 132 Å². The molecule has 0 bridgehead atoms. The van der Waals surface area contributed by atoms with Crippen LogP contribution in [0.5, 0.6) is 0 Å². The number of carbonyl (C=O) groups is 2. The smallest absolute Gasteiger partial charge is 0.264 e. The maximum Gasteiger partial charge on any atom is 0.264 e. The lowest BCUT2D eigenvalue weighted by atomic mass is 9.93. The average molecular weight is 410 g/mol. The van der Waals surface area contributed by atoms with Crippen molar-refractivity contribution in [2.75, 3.05) is 6.54 Å². The Balaban J connectivity index is 2.19. The number of hydrogen-bond donors (Lipinski definition) is 1. The summed E-state index contributed by atoms with van der Waals surface area (Å²) in [5.74, 6) is -0.583. The van der Waals surface area contributed by atoms with Gasteiger partial charge in [0, 0.05) is 17.1 Å².